The van der Waals surface area contributed by atoms with Gasteiger partial charge >= 0.3 is 5.97 Å². The second-order valence-electron chi connectivity index (χ2n) is 4.47. The molecule has 0 aromatic heterocycles. The van der Waals surface area contributed by atoms with Gasteiger partial charge in [0.05, 0.1) is 11.1 Å². The second kappa shape index (κ2) is 3.52. The van der Waals surface area contributed by atoms with E-state index < -0.39 is 23.8 Å². The van der Waals surface area contributed by atoms with Crippen molar-refractivity contribution in [1.29, 1.82) is 0 Å². The van der Waals surface area contributed by atoms with Crippen molar-refractivity contribution >= 4 is 17.8 Å². The summed E-state index contributed by atoms with van der Waals surface area (Å²) in [5.74, 6) is -2.23. The molecule has 94 valence electrons. The van der Waals surface area contributed by atoms with E-state index >= 15 is 0 Å². The molecule has 2 heterocycles. The number of rotatable bonds is 3. The monoisotopic (exact) mass is 249 g/mol. The molecule has 1 N–H and O–H groups in total. The van der Waals surface area contributed by atoms with Gasteiger partial charge in [-0.3, -0.25) is 14.5 Å². The third kappa shape index (κ3) is 1.35. The van der Waals surface area contributed by atoms with Crippen molar-refractivity contribution in [3.8, 4) is 0 Å². The molecule has 0 bridgehead atoms. The molecule has 0 aromatic carbocycles. The van der Waals surface area contributed by atoms with Gasteiger partial charge < -0.3 is 9.84 Å². The molecule has 3 atom stereocenters. The number of carboxylic acids is 1. The SMILES string of the molecule is CCC(C(=O)O)N1C(=O)C2=CC3OC3C=C2C1=O. The number of hydrogen-bond acceptors (Lipinski definition) is 4. The summed E-state index contributed by atoms with van der Waals surface area (Å²) < 4.78 is 5.19. The number of aliphatic carboxylic acids is 1. The smallest absolute Gasteiger partial charge is 0.326 e. The predicted octanol–water partition coefficient (Wildman–Crippen LogP) is -0.148. The van der Waals surface area contributed by atoms with Crippen LogP contribution in [0, 0.1) is 0 Å². The van der Waals surface area contributed by atoms with Gasteiger partial charge in [-0.15, -0.1) is 0 Å². The Balaban J connectivity index is 2.00. The Kier molecular flexibility index (Phi) is 2.18. The normalized spacial score (nSPS) is 30.4. The van der Waals surface area contributed by atoms with E-state index in [0.29, 0.717) is 0 Å². The molecule has 6 heteroatoms. The number of carbonyl (C=O) groups excluding carboxylic acids is 2. The Morgan fingerprint density at radius 2 is 1.83 bits per heavy atom. The minimum atomic E-state index is -1.17. The van der Waals surface area contributed by atoms with Gasteiger partial charge in [0.15, 0.2) is 0 Å². The van der Waals surface area contributed by atoms with Gasteiger partial charge in [0.25, 0.3) is 11.8 Å². The molecule has 2 saturated heterocycles. The zero-order chi connectivity index (χ0) is 13.0. The number of nitrogens with zero attached hydrogens (tertiary/aromatic N) is 1. The lowest BCUT2D eigenvalue weighted by Gasteiger charge is -2.20. The number of imide groups is 1. The Bertz CT molecular complexity index is 497. The molecule has 1 aliphatic carbocycles. The van der Waals surface area contributed by atoms with Gasteiger partial charge in [-0.2, -0.15) is 0 Å². The zero-order valence-electron chi connectivity index (χ0n) is 9.62. The molecule has 0 saturated carbocycles. The van der Waals surface area contributed by atoms with E-state index in [0.717, 1.165) is 4.90 Å². The molecule has 3 aliphatic rings. The van der Waals surface area contributed by atoms with Crippen molar-refractivity contribution in [3.63, 3.8) is 0 Å². The molecule has 3 rings (SSSR count). The number of carboxylic acid groups (broad SMARTS) is 1. The van der Waals surface area contributed by atoms with Crippen LogP contribution >= 0.6 is 0 Å². The van der Waals surface area contributed by atoms with E-state index in [-0.39, 0.29) is 29.8 Å². The number of fused-ring (bicyclic) bond motifs is 2. The summed E-state index contributed by atoms with van der Waals surface area (Å²) in [6.07, 6.45) is 3.14. The number of likely N-dealkylation sites (tertiary alicyclic amines) is 1. The van der Waals surface area contributed by atoms with Crippen LogP contribution < -0.4 is 0 Å². The van der Waals surface area contributed by atoms with Gasteiger partial charge in [0, 0.05) is 0 Å². The second-order valence-corrected chi connectivity index (χ2v) is 4.47. The summed E-state index contributed by atoms with van der Waals surface area (Å²) in [6, 6.07) is -1.10. The topological polar surface area (TPSA) is 87.2 Å². The predicted molar refractivity (Wildman–Crippen MR) is 58.4 cm³/mol. The fourth-order valence-electron chi connectivity index (χ4n) is 2.39. The van der Waals surface area contributed by atoms with Crippen molar-refractivity contribution in [2.45, 2.75) is 31.6 Å². The summed E-state index contributed by atoms with van der Waals surface area (Å²) in [5, 5.41) is 9.05. The largest absolute Gasteiger partial charge is 0.480 e. The average Bonchev–Trinajstić information content (AvgIpc) is 3.05. The van der Waals surface area contributed by atoms with Crippen LogP contribution in [0.25, 0.3) is 0 Å². The number of ether oxygens (including phenoxy) is 1. The molecule has 2 amide bonds. The summed E-state index contributed by atoms with van der Waals surface area (Å²) >= 11 is 0. The van der Waals surface area contributed by atoms with Crippen molar-refractivity contribution in [2.24, 2.45) is 0 Å². The number of carbonyl (C=O) groups is 3. The Hall–Kier alpha value is -1.95. The number of amides is 2. The van der Waals surface area contributed by atoms with Crippen molar-refractivity contribution in [1.82, 2.24) is 4.90 Å². The van der Waals surface area contributed by atoms with Crippen molar-refractivity contribution in [3.05, 3.63) is 23.3 Å². The standard InChI is InChI=1S/C12H11NO5/c1-2-7(12(16)17)13-10(14)5-3-8-9(18-8)4-6(5)11(13)15/h3-4,7-9H,2H2,1H3,(H,16,17). The van der Waals surface area contributed by atoms with Crippen LogP contribution in [0.5, 0.6) is 0 Å². The highest BCUT2D eigenvalue weighted by Gasteiger charge is 2.50. The minimum Gasteiger partial charge on any atom is -0.480 e. The highest BCUT2D eigenvalue weighted by atomic mass is 16.6. The lowest BCUT2D eigenvalue weighted by molar-refractivity contribution is -0.153. The van der Waals surface area contributed by atoms with Crippen LogP contribution in [0.4, 0.5) is 0 Å². The first-order chi connectivity index (χ1) is 8.54. The lowest BCUT2D eigenvalue weighted by Crippen LogP contribution is -2.44. The first-order valence-electron chi connectivity index (χ1n) is 5.74. The fourth-order valence-corrected chi connectivity index (χ4v) is 2.39. The van der Waals surface area contributed by atoms with Gasteiger partial charge in [-0.1, -0.05) is 6.92 Å². The van der Waals surface area contributed by atoms with E-state index in [4.69, 9.17) is 9.84 Å². The minimum absolute atomic E-state index is 0.134. The summed E-state index contributed by atoms with van der Waals surface area (Å²) in [5.41, 5.74) is 0.553. The number of epoxide rings is 1. The van der Waals surface area contributed by atoms with Crippen molar-refractivity contribution < 1.29 is 24.2 Å². The van der Waals surface area contributed by atoms with Crippen LogP contribution in [-0.2, 0) is 19.1 Å². The van der Waals surface area contributed by atoms with Crippen LogP contribution in [-0.4, -0.2) is 46.0 Å². The van der Waals surface area contributed by atoms with Crippen LogP contribution in [0.3, 0.4) is 0 Å². The van der Waals surface area contributed by atoms with Crippen LogP contribution in [0.2, 0.25) is 0 Å². The molecule has 2 fully saturated rings. The lowest BCUT2D eigenvalue weighted by atomic mass is 10.0. The maximum absolute atomic E-state index is 12.1. The van der Waals surface area contributed by atoms with Gasteiger partial charge in [0.1, 0.15) is 18.2 Å². The van der Waals surface area contributed by atoms with Crippen molar-refractivity contribution in [2.75, 3.05) is 0 Å². The van der Waals surface area contributed by atoms with Crippen LogP contribution in [0.15, 0.2) is 23.3 Å². The number of hydrogen-bond donors (Lipinski definition) is 1. The third-order valence-electron chi connectivity index (χ3n) is 3.40. The molecule has 0 spiro atoms. The summed E-state index contributed by atoms with van der Waals surface area (Å²) in [6.45, 7) is 1.63. The molecule has 6 nitrogen and oxygen atoms in total. The first kappa shape index (κ1) is 11.2. The highest BCUT2D eigenvalue weighted by molar-refractivity contribution is 6.26. The van der Waals surface area contributed by atoms with E-state index in [2.05, 4.69) is 0 Å². The first-order valence-corrected chi connectivity index (χ1v) is 5.74. The van der Waals surface area contributed by atoms with E-state index in [1.165, 1.54) is 0 Å². The molecule has 3 unspecified atom stereocenters. The fraction of sp³-hybridized carbons (Fsp3) is 0.417. The molecular formula is C12H11NO5. The maximum atomic E-state index is 12.1. The highest BCUT2D eigenvalue weighted by Crippen LogP contribution is 2.39. The van der Waals surface area contributed by atoms with E-state index in [1.807, 2.05) is 0 Å². The van der Waals surface area contributed by atoms with Gasteiger partial charge in [-0.25, -0.2) is 4.79 Å². The van der Waals surface area contributed by atoms with Gasteiger partial charge in [-0.05, 0) is 18.6 Å². The molecule has 2 aliphatic heterocycles. The maximum Gasteiger partial charge on any atom is 0.326 e. The Morgan fingerprint density at radius 1 is 1.33 bits per heavy atom. The van der Waals surface area contributed by atoms with E-state index in [1.54, 1.807) is 19.1 Å². The average molecular weight is 249 g/mol. The van der Waals surface area contributed by atoms with Crippen LogP contribution in [0.1, 0.15) is 13.3 Å². The third-order valence-corrected chi connectivity index (χ3v) is 3.40. The molecule has 0 radical (unpaired) electrons. The quantitative estimate of drug-likeness (QED) is 0.555. The molecule has 18 heavy (non-hydrogen) atoms. The van der Waals surface area contributed by atoms with E-state index in [9.17, 15) is 14.4 Å². The van der Waals surface area contributed by atoms with Gasteiger partial charge in [0.2, 0.25) is 0 Å². The molecule has 0 aromatic rings. The summed E-state index contributed by atoms with van der Waals surface area (Å²) in [4.78, 5) is 36.1. The summed E-state index contributed by atoms with van der Waals surface area (Å²) in [7, 11) is 0. The molecular weight excluding hydrogens is 238 g/mol. The Labute approximate surface area is 103 Å². The Morgan fingerprint density at radius 3 is 2.22 bits per heavy atom. The zero-order valence-corrected chi connectivity index (χ0v) is 9.62.